The lowest BCUT2D eigenvalue weighted by Gasteiger charge is -2.17. The van der Waals surface area contributed by atoms with Gasteiger partial charge in [0.15, 0.2) is 6.61 Å². The SMILES string of the molecule is CCOP(=O)(CNC(=O)COc1ccc(Oc2ccc(C(F)(F)F)cc2)cc1)OCC. The number of amides is 1. The van der Waals surface area contributed by atoms with E-state index in [1.807, 2.05) is 0 Å². The molecule has 0 atom stereocenters. The van der Waals surface area contributed by atoms with E-state index in [1.165, 1.54) is 24.3 Å². The molecule has 0 unspecified atom stereocenters. The molecule has 0 saturated heterocycles. The Labute approximate surface area is 178 Å². The van der Waals surface area contributed by atoms with Crippen molar-refractivity contribution in [1.29, 1.82) is 0 Å². The normalized spacial score (nSPS) is 11.8. The van der Waals surface area contributed by atoms with Gasteiger partial charge in [0, 0.05) is 0 Å². The minimum absolute atomic E-state index is 0.185. The van der Waals surface area contributed by atoms with E-state index < -0.39 is 25.2 Å². The van der Waals surface area contributed by atoms with Gasteiger partial charge >= 0.3 is 13.8 Å². The predicted octanol–water partition coefficient (Wildman–Crippen LogP) is 5.22. The summed E-state index contributed by atoms with van der Waals surface area (Å²) in [6.45, 7) is 3.38. The third-order valence-corrected chi connectivity index (χ3v) is 5.58. The quantitative estimate of drug-likeness (QED) is 0.463. The van der Waals surface area contributed by atoms with Crippen molar-refractivity contribution in [1.82, 2.24) is 5.32 Å². The Kier molecular flexibility index (Phi) is 8.91. The van der Waals surface area contributed by atoms with Crippen LogP contribution in [0.4, 0.5) is 13.2 Å². The van der Waals surface area contributed by atoms with Crippen LogP contribution in [0.25, 0.3) is 0 Å². The van der Waals surface area contributed by atoms with Gasteiger partial charge in [0.1, 0.15) is 23.5 Å². The summed E-state index contributed by atoms with van der Waals surface area (Å²) in [5.41, 5.74) is -0.763. The van der Waals surface area contributed by atoms with Crippen LogP contribution in [0.15, 0.2) is 48.5 Å². The summed E-state index contributed by atoms with van der Waals surface area (Å²) in [4.78, 5) is 11.9. The fourth-order valence-corrected chi connectivity index (χ4v) is 3.77. The van der Waals surface area contributed by atoms with Gasteiger partial charge in [-0.15, -0.1) is 0 Å². The molecule has 0 aliphatic rings. The minimum Gasteiger partial charge on any atom is -0.484 e. The fourth-order valence-electron chi connectivity index (χ4n) is 2.36. The first-order valence-electron chi connectivity index (χ1n) is 9.38. The van der Waals surface area contributed by atoms with Crippen molar-refractivity contribution in [2.24, 2.45) is 0 Å². The number of benzene rings is 2. The highest BCUT2D eigenvalue weighted by atomic mass is 31.2. The maximum absolute atomic E-state index is 12.6. The fraction of sp³-hybridized carbons (Fsp3) is 0.350. The second-order valence-corrected chi connectivity index (χ2v) is 8.14. The lowest BCUT2D eigenvalue weighted by molar-refractivity contribution is -0.137. The number of alkyl halides is 3. The summed E-state index contributed by atoms with van der Waals surface area (Å²) in [6, 6.07) is 10.5. The van der Waals surface area contributed by atoms with Gasteiger partial charge in [0.05, 0.1) is 18.8 Å². The van der Waals surface area contributed by atoms with Crippen LogP contribution in [-0.2, 0) is 24.6 Å². The van der Waals surface area contributed by atoms with Crippen LogP contribution >= 0.6 is 7.60 Å². The molecular formula is C20H23F3NO6P. The summed E-state index contributed by atoms with van der Waals surface area (Å²) in [7, 11) is -3.39. The van der Waals surface area contributed by atoms with E-state index in [1.54, 1.807) is 26.0 Å². The first-order valence-corrected chi connectivity index (χ1v) is 11.1. The highest BCUT2D eigenvalue weighted by molar-refractivity contribution is 7.53. The molecule has 0 spiro atoms. The Balaban J connectivity index is 1.83. The monoisotopic (exact) mass is 461 g/mol. The Morgan fingerprint density at radius 1 is 0.903 bits per heavy atom. The smallest absolute Gasteiger partial charge is 0.416 e. The molecule has 11 heteroatoms. The Hall–Kier alpha value is -2.55. The highest BCUT2D eigenvalue weighted by Crippen LogP contribution is 2.46. The molecule has 0 heterocycles. The van der Waals surface area contributed by atoms with Gasteiger partial charge < -0.3 is 23.8 Å². The van der Waals surface area contributed by atoms with Crippen molar-refractivity contribution < 1.29 is 41.1 Å². The molecule has 1 amide bonds. The molecule has 0 saturated carbocycles. The van der Waals surface area contributed by atoms with E-state index in [9.17, 15) is 22.5 Å². The van der Waals surface area contributed by atoms with Crippen LogP contribution in [0.3, 0.4) is 0 Å². The van der Waals surface area contributed by atoms with E-state index in [4.69, 9.17) is 18.5 Å². The van der Waals surface area contributed by atoms with Crippen molar-refractivity contribution in [3.05, 3.63) is 54.1 Å². The van der Waals surface area contributed by atoms with Gasteiger partial charge in [0.25, 0.3) is 5.91 Å². The summed E-state index contributed by atoms with van der Waals surface area (Å²) in [5.74, 6) is 0.484. The van der Waals surface area contributed by atoms with Crippen molar-refractivity contribution in [2.45, 2.75) is 20.0 Å². The summed E-state index contributed by atoms with van der Waals surface area (Å²) in [6.07, 6.45) is -4.68. The molecule has 1 N–H and O–H groups in total. The maximum atomic E-state index is 12.6. The zero-order chi connectivity index (χ0) is 22.9. The minimum atomic E-state index is -4.41. The molecule has 2 rings (SSSR count). The number of hydrogen-bond donors (Lipinski definition) is 1. The molecular weight excluding hydrogens is 438 g/mol. The van der Waals surface area contributed by atoms with Gasteiger partial charge in [-0.3, -0.25) is 9.36 Å². The second kappa shape index (κ2) is 11.2. The molecule has 170 valence electrons. The Morgan fingerprint density at radius 2 is 1.39 bits per heavy atom. The van der Waals surface area contributed by atoms with Crippen LogP contribution < -0.4 is 14.8 Å². The van der Waals surface area contributed by atoms with Crippen molar-refractivity contribution in [3.8, 4) is 17.2 Å². The molecule has 7 nitrogen and oxygen atoms in total. The van der Waals surface area contributed by atoms with Crippen LogP contribution in [0, 0.1) is 0 Å². The Bertz CT molecular complexity index is 877. The zero-order valence-corrected chi connectivity index (χ0v) is 17.9. The van der Waals surface area contributed by atoms with E-state index >= 15 is 0 Å². The van der Waals surface area contributed by atoms with Gasteiger partial charge in [0.2, 0.25) is 0 Å². The van der Waals surface area contributed by atoms with Crippen LogP contribution in [0.1, 0.15) is 19.4 Å². The van der Waals surface area contributed by atoms with Crippen LogP contribution in [0.2, 0.25) is 0 Å². The lowest BCUT2D eigenvalue weighted by Crippen LogP contribution is -2.30. The first kappa shape index (κ1) is 24.7. The van der Waals surface area contributed by atoms with Gasteiger partial charge in [-0.05, 0) is 62.4 Å². The molecule has 2 aromatic rings. The number of carbonyl (C=O) groups is 1. The molecule has 2 aromatic carbocycles. The molecule has 0 aromatic heterocycles. The van der Waals surface area contributed by atoms with E-state index in [0.29, 0.717) is 11.5 Å². The first-order chi connectivity index (χ1) is 14.6. The lowest BCUT2D eigenvalue weighted by atomic mass is 10.2. The number of halogens is 3. The summed E-state index contributed by atoms with van der Waals surface area (Å²) in [5, 5.41) is 2.44. The topological polar surface area (TPSA) is 83.1 Å². The third kappa shape index (κ3) is 8.24. The van der Waals surface area contributed by atoms with Crippen molar-refractivity contribution in [3.63, 3.8) is 0 Å². The summed E-state index contributed by atoms with van der Waals surface area (Å²) >= 11 is 0. The number of nitrogens with one attached hydrogen (secondary N) is 1. The molecule has 0 aliphatic carbocycles. The molecule has 0 aliphatic heterocycles. The molecule has 0 fully saturated rings. The molecule has 0 radical (unpaired) electrons. The third-order valence-electron chi connectivity index (χ3n) is 3.73. The van der Waals surface area contributed by atoms with E-state index in [0.717, 1.165) is 12.1 Å². The van der Waals surface area contributed by atoms with Crippen LogP contribution in [-0.4, -0.2) is 32.0 Å². The van der Waals surface area contributed by atoms with Crippen LogP contribution in [0.5, 0.6) is 17.2 Å². The van der Waals surface area contributed by atoms with E-state index in [2.05, 4.69) is 5.32 Å². The Morgan fingerprint density at radius 3 is 1.87 bits per heavy atom. The van der Waals surface area contributed by atoms with Gasteiger partial charge in [-0.2, -0.15) is 13.2 Å². The number of ether oxygens (including phenoxy) is 2. The summed E-state index contributed by atoms with van der Waals surface area (Å²) < 4.78 is 71.0. The maximum Gasteiger partial charge on any atom is 0.416 e. The number of rotatable bonds is 11. The number of hydrogen-bond acceptors (Lipinski definition) is 6. The largest absolute Gasteiger partial charge is 0.484 e. The molecule has 31 heavy (non-hydrogen) atoms. The van der Waals surface area contributed by atoms with Crippen molar-refractivity contribution in [2.75, 3.05) is 26.1 Å². The van der Waals surface area contributed by atoms with Gasteiger partial charge in [-0.1, -0.05) is 0 Å². The standard InChI is InChI=1S/C20H23F3NO6P/c1-3-28-31(26,29-4-2)14-24-19(25)13-27-16-9-11-18(12-10-16)30-17-7-5-15(6-8-17)20(21,22)23/h5-12H,3-4,13-14H2,1-2H3,(H,24,25). The molecule has 0 bridgehead atoms. The second-order valence-electron chi connectivity index (χ2n) is 6.09. The highest BCUT2D eigenvalue weighted by Gasteiger charge is 2.30. The van der Waals surface area contributed by atoms with Crippen molar-refractivity contribution >= 4 is 13.5 Å². The van der Waals surface area contributed by atoms with E-state index in [-0.39, 0.29) is 31.9 Å². The average molecular weight is 461 g/mol. The average Bonchev–Trinajstić information content (AvgIpc) is 2.72. The number of carbonyl (C=O) groups excluding carboxylic acids is 1. The zero-order valence-electron chi connectivity index (χ0n) is 17.0. The van der Waals surface area contributed by atoms with Gasteiger partial charge in [-0.25, -0.2) is 0 Å². The predicted molar refractivity (Wildman–Crippen MR) is 107 cm³/mol.